The summed E-state index contributed by atoms with van der Waals surface area (Å²) in [6.45, 7) is 3.45. The highest BCUT2D eigenvalue weighted by Crippen LogP contribution is 2.10. The highest BCUT2D eigenvalue weighted by Gasteiger charge is 2.04. The number of hydrogen-bond donors (Lipinski definition) is 1. The summed E-state index contributed by atoms with van der Waals surface area (Å²) < 4.78 is 10.3. The predicted molar refractivity (Wildman–Crippen MR) is 56.4 cm³/mol. The molecule has 0 bridgehead atoms. The molecule has 6 nitrogen and oxygen atoms in total. The minimum Gasteiger partial charge on any atom is -0.461 e. The molecule has 0 atom stereocenters. The average molecular weight is 233 g/mol. The van der Waals surface area contributed by atoms with Gasteiger partial charge in [-0.05, 0) is 18.5 Å². The van der Waals surface area contributed by atoms with Crippen LogP contribution in [0, 0.1) is 0 Å². The van der Waals surface area contributed by atoms with Crippen molar-refractivity contribution in [3.63, 3.8) is 0 Å². The Kier molecular flexibility index (Phi) is 5.06. The van der Waals surface area contributed by atoms with Gasteiger partial charge in [-0.2, -0.15) is 15.0 Å². The molecule has 0 fully saturated rings. The number of aromatic nitrogens is 3. The maximum absolute atomic E-state index is 5.66. The number of nitrogens with one attached hydrogen (secondary N) is 1. The summed E-state index contributed by atoms with van der Waals surface area (Å²) in [5.74, 6) is 0.376. The Morgan fingerprint density at radius 1 is 1.27 bits per heavy atom. The van der Waals surface area contributed by atoms with Crippen LogP contribution < -0.4 is 10.1 Å². The molecule has 1 heterocycles. The second-order valence-electron chi connectivity index (χ2n) is 2.51. The van der Waals surface area contributed by atoms with Gasteiger partial charge in [0.15, 0.2) is 0 Å². The van der Waals surface area contributed by atoms with Crippen molar-refractivity contribution in [3.05, 3.63) is 5.28 Å². The molecule has 0 saturated heterocycles. The Bertz CT molecular complexity index is 311. The fourth-order valence-corrected chi connectivity index (χ4v) is 0.997. The van der Waals surface area contributed by atoms with Gasteiger partial charge in [-0.3, -0.25) is 0 Å². The van der Waals surface area contributed by atoms with Crippen LogP contribution in [0.5, 0.6) is 6.01 Å². The minimum atomic E-state index is 0.0979. The molecular formula is C8H13ClN4O2. The van der Waals surface area contributed by atoms with Crippen molar-refractivity contribution in [1.29, 1.82) is 0 Å². The molecule has 0 saturated carbocycles. The van der Waals surface area contributed by atoms with Crippen molar-refractivity contribution in [2.45, 2.75) is 6.92 Å². The third-order valence-corrected chi connectivity index (χ3v) is 1.64. The van der Waals surface area contributed by atoms with E-state index in [1.165, 1.54) is 0 Å². The lowest BCUT2D eigenvalue weighted by Gasteiger charge is -2.05. The molecule has 0 aliphatic heterocycles. The van der Waals surface area contributed by atoms with Crippen molar-refractivity contribution in [3.8, 4) is 6.01 Å². The molecule has 1 aromatic heterocycles. The molecule has 7 heteroatoms. The Balaban J connectivity index is 2.49. The topological polar surface area (TPSA) is 69.2 Å². The van der Waals surface area contributed by atoms with Gasteiger partial charge in [0.05, 0.1) is 6.61 Å². The summed E-state index contributed by atoms with van der Waals surface area (Å²) >= 11 is 5.66. The molecule has 15 heavy (non-hydrogen) atoms. The van der Waals surface area contributed by atoms with E-state index < -0.39 is 0 Å². The number of anilines is 1. The Labute approximate surface area is 93.0 Å². The number of nitrogens with zero attached hydrogens (tertiary/aromatic N) is 3. The highest BCUT2D eigenvalue weighted by molar-refractivity contribution is 6.28. The molecule has 0 aromatic carbocycles. The number of ether oxygens (including phenoxy) is 2. The van der Waals surface area contributed by atoms with E-state index in [1.54, 1.807) is 7.05 Å². The maximum atomic E-state index is 5.66. The van der Waals surface area contributed by atoms with Crippen molar-refractivity contribution in [1.82, 2.24) is 15.0 Å². The van der Waals surface area contributed by atoms with Gasteiger partial charge in [-0.25, -0.2) is 0 Å². The van der Waals surface area contributed by atoms with Gasteiger partial charge >= 0.3 is 6.01 Å². The zero-order valence-corrected chi connectivity index (χ0v) is 9.41. The van der Waals surface area contributed by atoms with Crippen molar-refractivity contribution in [2.75, 3.05) is 32.2 Å². The van der Waals surface area contributed by atoms with Crippen molar-refractivity contribution >= 4 is 17.5 Å². The lowest BCUT2D eigenvalue weighted by Crippen LogP contribution is -2.09. The van der Waals surface area contributed by atoms with Crippen LogP contribution in [-0.2, 0) is 4.74 Å². The first kappa shape index (κ1) is 11.9. The summed E-state index contributed by atoms with van der Waals surface area (Å²) in [5, 5.41) is 2.85. The predicted octanol–water partition coefficient (Wildman–Crippen LogP) is 0.982. The Hall–Kier alpha value is -1.14. The van der Waals surface area contributed by atoms with Crippen LogP contribution in [0.3, 0.4) is 0 Å². The number of rotatable bonds is 6. The molecule has 0 aliphatic rings. The third-order valence-electron chi connectivity index (χ3n) is 1.47. The molecule has 0 amide bonds. The summed E-state index contributed by atoms with van der Waals surface area (Å²) in [4.78, 5) is 11.6. The SMILES string of the molecule is CCOCCOc1nc(Cl)nc(NC)n1. The minimum absolute atomic E-state index is 0.0979. The van der Waals surface area contributed by atoms with E-state index in [4.69, 9.17) is 21.1 Å². The fraction of sp³-hybridized carbons (Fsp3) is 0.625. The first-order valence-corrected chi connectivity index (χ1v) is 4.94. The van der Waals surface area contributed by atoms with Crippen LogP contribution in [0.4, 0.5) is 5.95 Å². The molecule has 1 N–H and O–H groups in total. The third kappa shape index (κ3) is 4.26. The van der Waals surface area contributed by atoms with Gasteiger partial charge in [-0.15, -0.1) is 0 Å². The van der Waals surface area contributed by atoms with Crippen molar-refractivity contribution < 1.29 is 9.47 Å². The number of hydrogen-bond acceptors (Lipinski definition) is 6. The largest absolute Gasteiger partial charge is 0.461 e. The molecule has 0 spiro atoms. The van der Waals surface area contributed by atoms with Crippen LogP contribution in [0.25, 0.3) is 0 Å². The second kappa shape index (κ2) is 6.36. The summed E-state index contributed by atoms with van der Waals surface area (Å²) in [6, 6.07) is 0.194. The lowest BCUT2D eigenvalue weighted by atomic mass is 10.7. The normalized spacial score (nSPS) is 10.1. The fourth-order valence-electron chi connectivity index (χ4n) is 0.844. The Morgan fingerprint density at radius 2 is 2.07 bits per heavy atom. The van der Waals surface area contributed by atoms with Crippen LogP contribution in [-0.4, -0.2) is 41.8 Å². The lowest BCUT2D eigenvalue weighted by molar-refractivity contribution is 0.106. The van der Waals surface area contributed by atoms with E-state index in [0.29, 0.717) is 25.8 Å². The number of halogens is 1. The van der Waals surface area contributed by atoms with Gasteiger partial charge in [0.2, 0.25) is 11.2 Å². The summed E-state index contributed by atoms with van der Waals surface area (Å²) in [7, 11) is 1.69. The molecule has 84 valence electrons. The van der Waals surface area contributed by atoms with Gasteiger partial charge in [0, 0.05) is 13.7 Å². The van der Waals surface area contributed by atoms with Gasteiger partial charge in [0.25, 0.3) is 0 Å². The zero-order valence-electron chi connectivity index (χ0n) is 8.66. The van der Waals surface area contributed by atoms with Crippen LogP contribution in [0.1, 0.15) is 6.92 Å². The molecule has 0 radical (unpaired) electrons. The van der Waals surface area contributed by atoms with E-state index >= 15 is 0 Å². The summed E-state index contributed by atoms with van der Waals surface area (Å²) in [5.41, 5.74) is 0. The maximum Gasteiger partial charge on any atom is 0.322 e. The molecule has 0 aliphatic carbocycles. The second-order valence-corrected chi connectivity index (χ2v) is 2.84. The van der Waals surface area contributed by atoms with Crippen LogP contribution >= 0.6 is 11.6 Å². The average Bonchev–Trinajstić information content (AvgIpc) is 2.23. The van der Waals surface area contributed by atoms with E-state index in [9.17, 15) is 0 Å². The molecule has 1 rings (SSSR count). The van der Waals surface area contributed by atoms with Gasteiger partial charge < -0.3 is 14.8 Å². The van der Waals surface area contributed by atoms with Crippen LogP contribution in [0.2, 0.25) is 5.28 Å². The zero-order chi connectivity index (χ0) is 11.1. The first-order valence-electron chi connectivity index (χ1n) is 4.56. The van der Waals surface area contributed by atoms with E-state index in [-0.39, 0.29) is 11.3 Å². The molecule has 1 aromatic rings. The molecular weight excluding hydrogens is 220 g/mol. The van der Waals surface area contributed by atoms with Gasteiger partial charge in [0.1, 0.15) is 6.61 Å². The van der Waals surface area contributed by atoms with E-state index in [1.807, 2.05) is 6.92 Å². The highest BCUT2D eigenvalue weighted by atomic mass is 35.5. The van der Waals surface area contributed by atoms with E-state index in [0.717, 1.165) is 0 Å². The van der Waals surface area contributed by atoms with Crippen molar-refractivity contribution in [2.24, 2.45) is 0 Å². The summed E-state index contributed by atoms with van der Waals surface area (Å²) in [6.07, 6.45) is 0. The van der Waals surface area contributed by atoms with Gasteiger partial charge in [-0.1, -0.05) is 0 Å². The van der Waals surface area contributed by atoms with E-state index in [2.05, 4.69) is 20.3 Å². The van der Waals surface area contributed by atoms with Crippen LogP contribution in [0.15, 0.2) is 0 Å². The Morgan fingerprint density at radius 3 is 2.73 bits per heavy atom. The first-order chi connectivity index (χ1) is 7.26. The monoisotopic (exact) mass is 232 g/mol. The molecule has 0 unspecified atom stereocenters. The smallest absolute Gasteiger partial charge is 0.322 e. The quantitative estimate of drug-likeness (QED) is 0.738. The standard InChI is InChI=1S/C8H13ClN4O2/c1-3-14-4-5-15-8-12-6(9)11-7(10-2)13-8/h3-5H2,1-2H3,(H,10,11,12,13).